The first-order chi connectivity index (χ1) is 18.1. The Balaban J connectivity index is 1.28. The SMILES string of the molecule is C[C@@H]1CN([C@H]2CC[C@H](n3cc(-c4ccc(Oc5ccccc5)cc4F)c4c(N)ncnc43)CC2)CCN1. The van der Waals surface area contributed by atoms with Gasteiger partial charge in [-0.1, -0.05) is 18.2 Å². The molecule has 2 aliphatic rings. The van der Waals surface area contributed by atoms with Crippen LogP contribution in [0.15, 0.2) is 61.1 Å². The van der Waals surface area contributed by atoms with Crippen molar-refractivity contribution in [2.45, 2.75) is 50.7 Å². The Kier molecular flexibility index (Phi) is 6.52. The number of benzene rings is 2. The van der Waals surface area contributed by atoms with Crippen molar-refractivity contribution in [3.8, 4) is 22.6 Å². The zero-order chi connectivity index (χ0) is 25.4. The molecule has 0 unspecified atom stereocenters. The summed E-state index contributed by atoms with van der Waals surface area (Å²) in [6.07, 6.45) is 7.92. The standard InChI is InChI=1S/C29H33FN6O/c1-19-16-35(14-13-32-19)20-7-9-21(10-8-20)36-17-25(27-28(31)33-18-34-29(27)36)24-12-11-23(15-26(24)30)37-22-5-3-2-4-6-22/h2-6,11-12,15,17-21,32H,7-10,13-14,16H2,1H3,(H2,31,33,34)/t19-,20-,21-/m1/s1. The van der Waals surface area contributed by atoms with Gasteiger partial charge in [-0.05, 0) is 56.9 Å². The molecule has 1 saturated carbocycles. The van der Waals surface area contributed by atoms with Gasteiger partial charge in [0.2, 0.25) is 0 Å². The molecule has 37 heavy (non-hydrogen) atoms. The number of piperazine rings is 1. The van der Waals surface area contributed by atoms with Gasteiger partial charge in [-0.15, -0.1) is 0 Å². The fraction of sp³-hybridized carbons (Fsp3) is 0.379. The zero-order valence-corrected chi connectivity index (χ0v) is 21.1. The van der Waals surface area contributed by atoms with E-state index in [0.29, 0.717) is 46.4 Å². The van der Waals surface area contributed by atoms with Crippen molar-refractivity contribution in [2.24, 2.45) is 0 Å². The molecule has 1 saturated heterocycles. The minimum Gasteiger partial charge on any atom is -0.457 e. The zero-order valence-electron chi connectivity index (χ0n) is 21.1. The number of hydrogen-bond donors (Lipinski definition) is 2. The van der Waals surface area contributed by atoms with Crippen molar-refractivity contribution in [2.75, 3.05) is 25.4 Å². The summed E-state index contributed by atoms with van der Waals surface area (Å²) in [6, 6.07) is 15.8. The molecule has 2 aromatic carbocycles. The summed E-state index contributed by atoms with van der Waals surface area (Å²) in [7, 11) is 0. The molecule has 3 N–H and O–H groups in total. The molecule has 6 rings (SSSR count). The second kappa shape index (κ2) is 10.1. The van der Waals surface area contributed by atoms with E-state index in [4.69, 9.17) is 10.5 Å². The van der Waals surface area contributed by atoms with Crippen molar-refractivity contribution >= 4 is 16.9 Å². The molecule has 4 aromatic rings. The molecule has 3 heterocycles. The second-order valence-corrected chi connectivity index (χ2v) is 10.3. The van der Waals surface area contributed by atoms with Crippen molar-refractivity contribution in [3.63, 3.8) is 0 Å². The van der Waals surface area contributed by atoms with E-state index in [9.17, 15) is 0 Å². The van der Waals surface area contributed by atoms with E-state index in [1.807, 2.05) is 36.5 Å². The van der Waals surface area contributed by atoms with Gasteiger partial charge in [0.25, 0.3) is 0 Å². The van der Waals surface area contributed by atoms with Crippen molar-refractivity contribution in [1.29, 1.82) is 0 Å². The number of hydrogen-bond acceptors (Lipinski definition) is 6. The van der Waals surface area contributed by atoms with Crippen LogP contribution in [0.2, 0.25) is 0 Å². The Labute approximate surface area is 216 Å². The van der Waals surface area contributed by atoms with Gasteiger partial charge in [-0.2, -0.15) is 0 Å². The van der Waals surface area contributed by atoms with Crippen LogP contribution in [0.5, 0.6) is 11.5 Å². The lowest BCUT2D eigenvalue weighted by atomic mass is 9.89. The van der Waals surface area contributed by atoms with Gasteiger partial charge >= 0.3 is 0 Å². The molecule has 1 atom stereocenters. The Morgan fingerprint density at radius 1 is 0.973 bits per heavy atom. The number of nitrogen functional groups attached to an aromatic ring is 1. The summed E-state index contributed by atoms with van der Waals surface area (Å²) < 4.78 is 23.5. The minimum atomic E-state index is -0.368. The molecule has 8 heteroatoms. The number of para-hydroxylation sites is 1. The number of ether oxygens (including phenoxy) is 1. The fourth-order valence-corrected chi connectivity index (χ4v) is 5.99. The summed E-state index contributed by atoms with van der Waals surface area (Å²) in [5.41, 5.74) is 8.28. The average molecular weight is 501 g/mol. The lowest BCUT2D eigenvalue weighted by Gasteiger charge is -2.41. The minimum absolute atomic E-state index is 0.297. The van der Waals surface area contributed by atoms with Crippen LogP contribution in [0.1, 0.15) is 38.6 Å². The highest BCUT2D eigenvalue weighted by atomic mass is 19.1. The molecule has 7 nitrogen and oxygen atoms in total. The van der Waals surface area contributed by atoms with E-state index in [0.717, 1.165) is 56.5 Å². The molecule has 0 bridgehead atoms. The Morgan fingerprint density at radius 3 is 2.51 bits per heavy atom. The Bertz CT molecular complexity index is 1380. The van der Waals surface area contributed by atoms with E-state index in [2.05, 4.69) is 31.7 Å². The van der Waals surface area contributed by atoms with Crippen molar-refractivity contribution in [1.82, 2.24) is 24.8 Å². The molecule has 2 fully saturated rings. The van der Waals surface area contributed by atoms with Gasteiger partial charge in [-0.25, -0.2) is 14.4 Å². The highest BCUT2D eigenvalue weighted by Gasteiger charge is 2.30. The summed E-state index contributed by atoms with van der Waals surface area (Å²) >= 11 is 0. The van der Waals surface area contributed by atoms with Crippen molar-refractivity contribution in [3.05, 3.63) is 66.9 Å². The number of anilines is 1. The maximum absolute atomic E-state index is 15.5. The van der Waals surface area contributed by atoms with Crippen LogP contribution in [0.3, 0.4) is 0 Å². The van der Waals surface area contributed by atoms with E-state index in [-0.39, 0.29) is 5.82 Å². The Hall–Kier alpha value is -3.49. The quantitative estimate of drug-likeness (QED) is 0.383. The van der Waals surface area contributed by atoms with Crippen LogP contribution >= 0.6 is 0 Å². The van der Waals surface area contributed by atoms with Gasteiger partial charge < -0.3 is 20.4 Å². The van der Waals surface area contributed by atoms with Crippen LogP contribution in [0.25, 0.3) is 22.2 Å². The molecule has 0 spiro atoms. The lowest BCUT2D eigenvalue weighted by molar-refractivity contribution is 0.107. The van der Waals surface area contributed by atoms with Gasteiger partial charge in [0.15, 0.2) is 0 Å². The predicted octanol–water partition coefficient (Wildman–Crippen LogP) is 5.39. The number of nitrogens with one attached hydrogen (secondary N) is 1. The van der Waals surface area contributed by atoms with Gasteiger partial charge in [-0.3, -0.25) is 4.90 Å². The lowest BCUT2D eigenvalue weighted by Crippen LogP contribution is -2.53. The van der Waals surface area contributed by atoms with E-state index >= 15 is 4.39 Å². The van der Waals surface area contributed by atoms with Gasteiger partial charge in [0.1, 0.15) is 35.1 Å². The monoisotopic (exact) mass is 500 g/mol. The highest BCUT2D eigenvalue weighted by Crippen LogP contribution is 2.40. The third-order valence-corrected chi connectivity index (χ3v) is 7.82. The summed E-state index contributed by atoms with van der Waals surface area (Å²) in [5, 5.41) is 4.24. The smallest absolute Gasteiger partial charge is 0.146 e. The number of nitrogens with zero attached hydrogens (tertiary/aromatic N) is 4. The topological polar surface area (TPSA) is 81.2 Å². The summed E-state index contributed by atoms with van der Waals surface area (Å²) in [6.45, 7) is 5.54. The molecular weight excluding hydrogens is 467 g/mol. The number of halogens is 1. The maximum atomic E-state index is 15.5. The summed E-state index contributed by atoms with van der Waals surface area (Å²) in [5.74, 6) is 1.11. The van der Waals surface area contributed by atoms with Gasteiger partial charge in [0.05, 0.1) is 5.39 Å². The third kappa shape index (κ3) is 4.79. The molecule has 1 aliphatic heterocycles. The first-order valence-electron chi connectivity index (χ1n) is 13.2. The number of nitrogens with two attached hydrogens (primary N) is 1. The first kappa shape index (κ1) is 23.9. The maximum Gasteiger partial charge on any atom is 0.146 e. The van der Waals surface area contributed by atoms with Crippen LogP contribution in [-0.4, -0.2) is 51.2 Å². The van der Waals surface area contributed by atoms with E-state index in [1.165, 1.54) is 12.4 Å². The van der Waals surface area contributed by atoms with E-state index < -0.39 is 0 Å². The first-order valence-corrected chi connectivity index (χ1v) is 13.2. The largest absolute Gasteiger partial charge is 0.457 e. The third-order valence-electron chi connectivity index (χ3n) is 7.82. The van der Waals surface area contributed by atoms with Crippen LogP contribution in [-0.2, 0) is 0 Å². The molecular formula is C29H33FN6O. The van der Waals surface area contributed by atoms with Crippen molar-refractivity contribution < 1.29 is 9.13 Å². The number of aromatic nitrogens is 3. The van der Waals surface area contributed by atoms with Crippen LogP contribution < -0.4 is 15.8 Å². The average Bonchev–Trinajstić information content (AvgIpc) is 3.30. The molecule has 2 aromatic heterocycles. The number of fused-ring (bicyclic) bond motifs is 1. The van der Waals surface area contributed by atoms with Crippen LogP contribution in [0, 0.1) is 5.82 Å². The van der Waals surface area contributed by atoms with E-state index in [1.54, 1.807) is 12.1 Å². The number of rotatable bonds is 5. The predicted molar refractivity (Wildman–Crippen MR) is 144 cm³/mol. The normalized spacial score (nSPS) is 22.8. The molecule has 192 valence electrons. The molecule has 1 aliphatic carbocycles. The highest BCUT2D eigenvalue weighted by molar-refractivity contribution is 6.00. The molecule has 0 amide bonds. The van der Waals surface area contributed by atoms with Gasteiger partial charge in [0, 0.05) is 61.1 Å². The fourth-order valence-electron chi connectivity index (χ4n) is 5.99. The summed E-state index contributed by atoms with van der Waals surface area (Å²) in [4.78, 5) is 11.5. The second-order valence-electron chi connectivity index (χ2n) is 10.3. The molecule has 0 radical (unpaired) electrons. The van der Waals surface area contributed by atoms with Crippen LogP contribution in [0.4, 0.5) is 10.2 Å². The Morgan fingerprint density at radius 2 is 1.76 bits per heavy atom.